The van der Waals surface area contributed by atoms with Gasteiger partial charge in [-0.2, -0.15) is 0 Å². The van der Waals surface area contributed by atoms with Gasteiger partial charge in [0.05, 0.1) is 19.3 Å². The van der Waals surface area contributed by atoms with Gasteiger partial charge in [-0.3, -0.25) is 4.79 Å². The Morgan fingerprint density at radius 1 is 1.53 bits per heavy atom. The van der Waals surface area contributed by atoms with Crippen LogP contribution in [-0.4, -0.2) is 48.3 Å². The normalized spacial score (nSPS) is 24.3. The van der Waals surface area contributed by atoms with E-state index >= 15 is 0 Å². The molecule has 1 rings (SSSR count). The van der Waals surface area contributed by atoms with Gasteiger partial charge in [0.25, 0.3) is 0 Å². The van der Waals surface area contributed by atoms with Gasteiger partial charge in [0.15, 0.2) is 0 Å². The summed E-state index contributed by atoms with van der Waals surface area (Å²) in [6.45, 7) is 7.73. The van der Waals surface area contributed by atoms with Gasteiger partial charge in [-0.15, -0.1) is 0 Å². The molecular formula is C11H21NO3. The van der Waals surface area contributed by atoms with E-state index in [1.54, 1.807) is 4.90 Å². The molecule has 2 unspecified atom stereocenters. The molecule has 0 aliphatic carbocycles. The van der Waals surface area contributed by atoms with Crippen LogP contribution in [-0.2, 0) is 9.53 Å². The van der Waals surface area contributed by atoms with Crippen LogP contribution >= 0.6 is 0 Å². The second-order valence-electron chi connectivity index (χ2n) is 4.49. The number of ether oxygens (including phenoxy) is 1. The van der Waals surface area contributed by atoms with Gasteiger partial charge >= 0.3 is 0 Å². The van der Waals surface area contributed by atoms with Gasteiger partial charge in [0.1, 0.15) is 0 Å². The molecule has 15 heavy (non-hydrogen) atoms. The van der Waals surface area contributed by atoms with Crippen molar-refractivity contribution in [1.82, 2.24) is 4.90 Å². The van der Waals surface area contributed by atoms with E-state index in [9.17, 15) is 4.79 Å². The first kappa shape index (κ1) is 12.5. The number of aliphatic hydroxyl groups excluding tert-OH is 1. The maximum atomic E-state index is 12.0. The minimum Gasteiger partial charge on any atom is -0.394 e. The lowest BCUT2D eigenvalue weighted by Gasteiger charge is -2.34. The summed E-state index contributed by atoms with van der Waals surface area (Å²) in [4.78, 5) is 13.8. The van der Waals surface area contributed by atoms with Crippen LogP contribution in [0.25, 0.3) is 0 Å². The summed E-state index contributed by atoms with van der Waals surface area (Å²) in [5.74, 6) is 0.571. The number of morpholine rings is 1. The van der Waals surface area contributed by atoms with Crippen LogP contribution in [0.1, 0.15) is 20.8 Å². The number of amides is 1. The fourth-order valence-corrected chi connectivity index (χ4v) is 1.60. The molecule has 1 N–H and O–H groups in total. The van der Waals surface area contributed by atoms with Gasteiger partial charge in [-0.05, 0) is 5.92 Å². The van der Waals surface area contributed by atoms with Gasteiger partial charge in [0.2, 0.25) is 5.91 Å². The molecule has 2 atom stereocenters. The second-order valence-corrected chi connectivity index (χ2v) is 4.49. The smallest absolute Gasteiger partial charge is 0.225 e. The zero-order chi connectivity index (χ0) is 11.4. The summed E-state index contributed by atoms with van der Waals surface area (Å²) < 4.78 is 5.30. The van der Waals surface area contributed by atoms with E-state index in [0.717, 1.165) is 0 Å². The molecule has 1 saturated heterocycles. The van der Waals surface area contributed by atoms with Crippen LogP contribution in [0.2, 0.25) is 0 Å². The molecule has 1 aliphatic rings. The van der Waals surface area contributed by atoms with Crippen LogP contribution in [0.3, 0.4) is 0 Å². The summed E-state index contributed by atoms with van der Waals surface area (Å²) in [5, 5.41) is 8.98. The molecule has 1 fully saturated rings. The Kier molecular flexibility index (Phi) is 4.54. The first-order valence-electron chi connectivity index (χ1n) is 5.57. The summed E-state index contributed by atoms with van der Waals surface area (Å²) in [5.41, 5.74) is 0. The molecule has 1 aliphatic heterocycles. The summed E-state index contributed by atoms with van der Waals surface area (Å²) in [6, 6.07) is 0. The second kappa shape index (κ2) is 5.47. The minimum absolute atomic E-state index is 0.0140. The van der Waals surface area contributed by atoms with E-state index in [1.807, 2.05) is 20.8 Å². The van der Waals surface area contributed by atoms with E-state index in [4.69, 9.17) is 9.84 Å². The van der Waals surface area contributed by atoms with Crippen molar-refractivity contribution >= 4 is 5.91 Å². The number of nitrogens with zero attached hydrogens (tertiary/aromatic N) is 1. The third-order valence-corrected chi connectivity index (χ3v) is 3.04. The number of aliphatic hydroxyl groups is 1. The van der Waals surface area contributed by atoms with Crippen molar-refractivity contribution < 1.29 is 14.6 Å². The molecule has 0 radical (unpaired) electrons. The maximum absolute atomic E-state index is 12.0. The predicted octanol–water partition coefficient (Wildman–Crippen LogP) is 0.498. The van der Waals surface area contributed by atoms with Crippen molar-refractivity contribution in [2.45, 2.75) is 26.9 Å². The third kappa shape index (κ3) is 3.18. The highest BCUT2D eigenvalue weighted by molar-refractivity contribution is 5.78. The molecule has 0 aromatic heterocycles. The predicted molar refractivity (Wildman–Crippen MR) is 57.4 cm³/mol. The van der Waals surface area contributed by atoms with Gasteiger partial charge < -0.3 is 14.7 Å². The van der Waals surface area contributed by atoms with Crippen LogP contribution in [0.4, 0.5) is 0 Å². The fraction of sp³-hybridized carbons (Fsp3) is 0.909. The molecule has 0 bridgehead atoms. The van der Waals surface area contributed by atoms with Crippen molar-refractivity contribution in [2.24, 2.45) is 11.8 Å². The van der Waals surface area contributed by atoms with Crippen LogP contribution in [0.5, 0.6) is 0 Å². The van der Waals surface area contributed by atoms with E-state index in [-0.39, 0.29) is 24.5 Å². The zero-order valence-corrected chi connectivity index (χ0v) is 9.77. The van der Waals surface area contributed by atoms with Crippen LogP contribution in [0, 0.1) is 11.8 Å². The quantitative estimate of drug-likeness (QED) is 0.745. The highest BCUT2D eigenvalue weighted by Crippen LogP contribution is 2.15. The lowest BCUT2D eigenvalue weighted by molar-refractivity contribution is -0.145. The standard InChI is InChI=1S/C11H21NO3/c1-8(2)9(3)11(14)12-4-5-15-10(6-12)7-13/h8-10,13H,4-7H2,1-3H3. The first-order valence-corrected chi connectivity index (χ1v) is 5.57. The molecule has 88 valence electrons. The monoisotopic (exact) mass is 215 g/mol. The molecule has 4 heteroatoms. The summed E-state index contributed by atoms with van der Waals surface area (Å²) in [7, 11) is 0. The fourth-order valence-electron chi connectivity index (χ4n) is 1.60. The topological polar surface area (TPSA) is 49.8 Å². The largest absolute Gasteiger partial charge is 0.394 e. The average Bonchev–Trinajstić information content (AvgIpc) is 2.27. The van der Waals surface area contributed by atoms with E-state index in [2.05, 4.69) is 0 Å². The average molecular weight is 215 g/mol. The summed E-state index contributed by atoms with van der Waals surface area (Å²) >= 11 is 0. The van der Waals surface area contributed by atoms with Crippen molar-refractivity contribution in [3.05, 3.63) is 0 Å². The van der Waals surface area contributed by atoms with Crippen LogP contribution in [0.15, 0.2) is 0 Å². The van der Waals surface area contributed by atoms with Crippen molar-refractivity contribution in [2.75, 3.05) is 26.3 Å². The molecule has 1 amide bonds. The van der Waals surface area contributed by atoms with Gasteiger partial charge in [-0.25, -0.2) is 0 Å². The highest BCUT2D eigenvalue weighted by Gasteiger charge is 2.27. The van der Waals surface area contributed by atoms with Gasteiger partial charge in [-0.1, -0.05) is 20.8 Å². The first-order chi connectivity index (χ1) is 7.06. The molecule has 4 nitrogen and oxygen atoms in total. The Hall–Kier alpha value is -0.610. The Morgan fingerprint density at radius 2 is 2.20 bits per heavy atom. The van der Waals surface area contributed by atoms with E-state index in [0.29, 0.717) is 25.6 Å². The van der Waals surface area contributed by atoms with Crippen molar-refractivity contribution in [3.8, 4) is 0 Å². The Balaban J connectivity index is 2.52. The Labute approximate surface area is 91.2 Å². The molecule has 1 heterocycles. The number of hydrogen-bond donors (Lipinski definition) is 1. The molecule has 0 aromatic carbocycles. The number of carbonyl (C=O) groups is 1. The minimum atomic E-state index is -0.206. The number of rotatable bonds is 3. The Bertz CT molecular complexity index is 218. The molecule has 0 aromatic rings. The maximum Gasteiger partial charge on any atom is 0.225 e. The molecule has 0 spiro atoms. The third-order valence-electron chi connectivity index (χ3n) is 3.04. The summed E-state index contributed by atoms with van der Waals surface area (Å²) in [6.07, 6.45) is -0.206. The lowest BCUT2D eigenvalue weighted by atomic mass is 9.96. The lowest BCUT2D eigenvalue weighted by Crippen LogP contribution is -2.49. The number of carbonyl (C=O) groups excluding carboxylic acids is 1. The van der Waals surface area contributed by atoms with Gasteiger partial charge in [0, 0.05) is 19.0 Å². The molecular weight excluding hydrogens is 194 g/mol. The number of hydrogen-bond acceptors (Lipinski definition) is 3. The van der Waals surface area contributed by atoms with Crippen molar-refractivity contribution in [1.29, 1.82) is 0 Å². The zero-order valence-electron chi connectivity index (χ0n) is 9.77. The van der Waals surface area contributed by atoms with E-state index in [1.165, 1.54) is 0 Å². The highest BCUT2D eigenvalue weighted by atomic mass is 16.5. The molecule has 0 saturated carbocycles. The van der Waals surface area contributed by atoms with Crippen LogP contribution < -0.4 is 0 Å². The van der Waals surface area contributed by atoms with Crippen molar-refractivity contribution in [3.63, 3.8) is 0 Å². The van der Waals surface area contributed by atoms with E-state index < -0.39 is 0 Å². The SMILES string of the molecule is CC(C)C(C)C(=O)N1CCOC(CO)C1. The Morgan fingerprint density at radius 3 is 2.73 bits per heavy atom.